The molecule has 5 aliphatic rings. The molecule has 230 valence electrons. The Hall–Kier alpha value is -5.95. The zero-order chi connectivity index (χ0) is 32.5. The van der Waals surface area contributed by atoms with Crippen molar-refractivity contribution in [2.45, 2.75) is 36.5 Å². The molecule has 5 aromatic rings. The summed E-state index contributed by atoms with van der Waals surface area (Å²) in [6, 6.07) is 33.2. The molecule has 0 N–H and O–H groups in total. The number of imide groups is 2. The summed E-state index contributed by atoms with van der Waals surface area (Å²) in [5.74, 6) is -1.29. The van der Waals surface area contributed by atoms with Crippen molar-refractivity contribution in [2.24, 2.45) is 0 Å². The average molecular weight is 627 g/mol. The number of rotatable bonds is 2. The van der Waals surface area contributed by atoms with Crippen LogP contribution in [0.25, 0.3) is 0 Å². The first-order chi connectivity index (χ1) is 23.3. The number of Topliss-reactive ketones (excluding diaryl/α,β-unsaturated/α-hetero) is 1. The van der Waals surface area contributed by atoms with E-state index in [4.69, 9.17) is 0 Å². The number of nitrogens with zero attached hydrogens (tertiary/aromatic N) is 2. The second-order valence-electron chi connectivity index (χ2n) is 13.6. The molecule has 0 fully saturated rings. The van der Waals surface area contributed by atoms with E-state index in [9.17, 15) is 19.2 Å². The predicted molar refractivity (Wildman–Crippen MR) is 178 cm³/mol. The van der Waals surface area contributed by atoms with Crippen LogP contribution in [0, 0.1) is 0 Å². The fourth-order valence-corrected chi connectivity index (χ4v) is 9.18. The Morgan fingerprint density at radius 2 is 0.688 bits per heavy atom. The maximum atomic E-state index is 15.1. The third kappa shape index (κ3) is 3.25. The van der Waals surface area contributed by atoms with Crippen molar-refractivity contribution >= 4 is 40.8 Å². The number of para-hydroxylation sites is 2. The number of ketones is 1. The van der Waals surface area contributed by atoms with Crippen molar-refractivity contribution in [1.82, 2.24) is 0 Å². The van der Waals surface area contributed by atoms with E-state index in [1.54, 1.807) is 48.5 Å². The summed E-state index contributed by atoms with van der Waals surface area (Å²) in [5, 5.41) is 0. The first-order valence-corrected chi connectivity index (χ1v) is 16.1. The average Bonchev–Trinajstić information content (AvgIpc) is 3.85. The van der Waals surface area contributed by atoms with Crippen LogP contribution in [-0.2, 0) is 41.3 Å². The molecule has 0 saturated heterocycles. The highest BCUT2D eigenvalue weighted by Crippen LogP contribution is 2.58. The van der Waals surface area contributed by atoms with Gasteiger partial charge in [0.25, 0.3) is 23.6 Å². The van der Waals surface area contributed by atoms with Gasteiger partial charge in [-0.25, -0.2) is 9.80 Å². The van der Waals surface area contributed by atoms with Crippen LogP contribution in [0.5, 0.6) is 0 Å². The number of fused-ring (bicyclic) bond motifs is 7. The molecule has 2 spiro atoms. The van der Waals surface area contributed by atoms with E-state index in [0.29, 0.717) is 59.3 Å². The SMILES string of the molecule is O=C1c2cc3c(cc2C(=O)N1c1ccccc1)CC1(C3)C(=O)C2(Cc3cc4c(cc3C2)C(=O)N(c2ccccc2)C4=O)c2ccccc21. The lowest BCUT2D eigenvalue weighted by Gasteiger charge is -2.27. The summed E-state index contributed by atoms with van der Waals surface area (Å²) in [5.41, 5.74) is 6.50. The van der Waals surface area contributed by atoms with Crippen LogP contribution in [0.3, 0.4) is 0 Å². The molecular formula is C41H26N2O5. The third-order valence-corrected chi connectivity index (χ3v) is 11.2. The maximum absolute atomic E-state index is 15.1. The molecular weight excluding hydrogens is 600 g/mol. The number of benzene rings is 5. The van der Waals surface area contributed by atoms with Crippen molar-refractivity contribution in [3.63, 3.8) is 0 Å². The first-order valence-electron chi connectivity index (χ1n) is 16.1. The molecule has 2 aliphatic heterocycles. The van der Waals surface area contributed by atoms with Gasteiger partial charge in [0.05, 0.1) is 44.5 Å². The molecule has 48 heavy (non-hydrogen) atoms. The smallest absolute Gasteiger partial charge is 0.266 e. The molecule has 7 heteroatoms. The largest absolute Gasteiger partial charge is 0.298 e. The highest BCUT2D eigenvalue weighted by atomic mass is 16.2. The Kier molecular flexibility index (Phi) is 5.16. The number of anilines is 2. The molecule has 5 aromatic carbocycles. The minimum atomic E-state index is -0.834. The number of hydrogen-bond donors (Lipinski definition) is 0. The molecule has 0 radical (unpaired) electrons. The number of hydrogen-bond acceptors (Lipinski definition) is 5. The standard InChI is InChI=1S/C41H26N2O5/c44-35-29-15-23-19-40(20-24(23)16-30(29)36(45)42(35)27-9-3-1-4-10-27)33-13-7-8-14-34(33)41(39(40)48)21-25-17-31-32(18-26(25)22-41)38(47)43(37(31)46)28-11-5-2-6-12-28/h1-18H,19-22H2. The number of carbonyl (C=O) groups excluding carboxylic acids is 5. The van der Waals surface area contributed by atoms with Crippen molar-refractivity contribution < 1.29 is 24.0 Å². The van der Waals surface area contributed by atoms with Crippen LogP contribution in [0.4, 0.5) is 11.4 Å². The van der Waals surface area contributed by atoms with Crippen LogP contribution in [0.2, 0.25) is 0 Å². The van der Waals surface area contributed by atoms with Crippen LogP contribution in [0.15, 0.2) is 109 Å². The monoisotopic (exact) mass is 626 g/mol. The minimum Gasteiger partial charge on any atom is -0.298 e. The van der Waals surface area contributed by atoms with Gasteiger partial charge in [-0.2, -0.15) is 0 Å². The van der Waals surface area contributed by atoms with Gasteiger partial charge in [0.1, 0.15) is 0 Å². The van der Waals surface area contributed by atoms with Gasteiger partial charge in [0.15, 0.2) is 5.78 Å². The number of amides is 4. The molecule has 0 atom stereocenters. The summed E-state index contributed by atoms with van der Waals surface area (Å²) in [6.07, 6.45) is 1.76. The fraction of sp³-hybridized carbons (Fsp3) is 0.146. The van der Waals surface area contributed by atoms with Gasteiger partial charge in [-0.15, -0.1) is 0 Å². The Morgan fingerprint density at radius 1 is 0.396 bits per heavy atom. The van der Waals surface area contributed by atoms with Crippen molar-refractivity contribution in [3.05, 3.63) is 165 Å². The second kappa shape index (κ2) is 9.10. The quantitative estimate of drug-likeness (QED) is 0.226. The van der Waals surface area contributed by atoms with E-state index >= 15 is 4.79 Å². The fourth-order valence-electron chi connectivity index (χ4n) is 9.18. The van der Waals surface area contributed by atoms with E-state index in [0.717, 1.165) is 33.4 Å². The molecule has 3 aliphatic carbocycles. The summed E-state index contributed by atoms with van der Waals surface area (Å²) in [7, 11) is 0. The maximum Gasteiger partial charge on any atom is 0.266 e. The molecule has 0 bridgehead atoms. The predicted octanol–water partition coefficient (Wildman–Crippen LogP) is 5.94. The van der Waals surface area contributed by atoms with Gasteiger partial charge >= 0.3 is 0 Å². The minimum absolute atomic E-state index is 0.121. The van der Waals surface area contributed by atoms with Crippen LogP contribution >= 0.6 is 0 Å². The van der Waals surface area contributed by atoms with Gasteiger partial charge in [-0.3, -0.25) is 24.0 Å². The topological polar surface area (TPSA) is 91.8 Å². The molecule has 7 nitrogen and oxygen atoms in total. The lowest BCUT2D eigenvalue weighted by atomic mass is 9.72. The summed E-state index contributed by atoms with van der Waals surface area (Å²) in [6.45, 7) is 0. The molecule has 0 saturated carbocycles. The van der Waals surface area contributed by atoms with Gasteiger partial charge in [-0.1, -0.05) is 60.7 Å². The first kappa shape index (κ1) is 27.2. The molecule has 4 amide bonds. The van der Waals surface area contributed by atoms with Gasteiger partial charge in [0, 0.05) is 0 Å². The normalized spacial score (nSPS) is 19.0. The molecule has 2 heterocycles. The Balaban J connectivity index is 1.02. The van der Waals surface area contributed by atoms with Gasteiger partial charge in [-0.05, 0) is 108 Å². The summed E-state index contributed by atoms with van der Waals surface area (Å²) < 4.78 is 0. The molecule has 0 aromatic heterocycles. The Bertz CT molecular complexity index is 2110. The Labute approximate surface area is 275 Å². The summed E-state index contributed by atoms with van der Waals surface area (Å²) in [4.78, 5) is 71.7. The van der Waals surface area contributed by atoms with Crippen molar-refractivity contribution in [3.8, 4) is 0 Å². The van der Waals surface area contributed by atoms with E-state index in [2.05, 4.69) is 0 Å². The van der Waals surface area contributed by atoms with E-state index in [1.807, 2.05) is 60.7 Å². The molecule has 10 rings (SSSR count). The second-order valence-corrected chi connectivity index (χ2v) is 13.6. The van der Waals surface area contributed by atoms with Crippen LogP contribution in [-0.4, -0.2) is 29.4 Å². The lowest BCUT2D eigenvalue weighted by Crippen LogP contribution is -2.43. The van der Waals surface area contributed by atoms with E-state index in [-0.39, 0.29) is 29.4 Å². The van der Waals surface area contributed by atoms with Gasteiger partial charge in [0.2, 0.25) is 0 Å². The van der Waals surface area contributed by atoms with E-state index < -0.39 is 10.8 Å². The molecule has 0 unspecified atom stereocenters. The summed E-state index contributed by atoms with van der Waals surface area (Å²) >= 11 is 0. The van der Waals surface area contributed by atoms with E-state index in [1.165, 1.54) is 9.80 Å². The number of carbonyl (C=O) groups is 5. The van der Waals surface area contributed by atoms with Crippen LogP contribution < -0.4 is 9.80 Å². The zero-order valence-corrected chi connectivity index (χ0v) is 25.7. The highest BCUT2D eigenvalue weighted by molar-refractivity contribution is 6.35. The van der Waals surface area contributed by atoms with Crippen molar-refractivity contribution in [1.29, 1.82) is 0 Å². The zero-order valence-electron chi connectivity index (χ0n) is 25.7. The van der Waals surface area contributed by atoms with Crippen molar-refractivity contribution in [2.75, 3.05) is 9.80 Å². The Morgan fingerprint density at radius 3 is 1.00 bits per heavy atom. The van der Waals surface area contributed by atoms with Crippen LogP contribution in [0.1, 0.15) is 74.8 Å². The van der Waals surface area contributed by atoms with Gasteiger partial charge < -0.3 is 0 Å². The third-order valence-electron chi connectivity index (χ3n) is 11.2. The lowest BCUT2D eigenvalue weighted by molar-refractivity contribution is -0.128. The highest BCUT2D eigenvalue weighted by Gasteiger charge is 2.63.